The summed E-state index contributed by atoms with van der Waals surface area (Å²) in [6.45, 7) is 4.37. The lowest BCUT2D eigenvalue weighted by molar-refractivity contribution is 0.0995. The van der Waals surface area contributed by atoms with Crippen LogP contribution in [0.25, 0.3) is 0 Å². The van der Waals surface area contributed by atoms with E-state index >= 15 is 0 Å². The molecule has 1 saturated carbocycles. The molecule has 1 aromatic heterocycles. The summed E-state index contributed by atoms with van der Waals surface area (Å²) in [6.07, 6.45) is 7.38. The van der Waals surface area contributed by atoms with Gasteiger partial charge in [-0.2, -0.15) is 4.98 Å². The number of nitrogens with two attached hydrogens (primary N) is 1. The number of aromatic nitrogens is 3. The Bertz CT molecular complexity index is 1290. The average Bonchev–Trinajstić information content (AvgIpc) is 3.72. The van der Waals surface area contributed by atoms with Gasteiger partial charge >= 0.3 is 6.03 Å². The molecule has 7 rings (SSSR count). The summed E-state index contributed by atoms with van der Waals surface area (Å²) in [5, 5.41) is 15.2. The average molecular weight is 516 g/mol. The van der Waals surface area contributed by atoms with E-state index in [2.05, 4.69) is 43.9 Å². The van der Waals surface area contributed by atoms with E-state index < -0.39 is 5.91 Å². The van der Waals surface area contributed by atoms with E-state index in [0.717, 1.165) is 69.7 Å². The molecule has 5 aliphatic rings. The summed E-state index contributed by atoms with van der Waals surface area (Å²) < 4.78 is 0. The highest BCUT2D eigenvalue weighted by atomic mass is 16.2. The Morgan fingerprint density at radius 1 is 1.05 bits per heavy atom. The molecule has 11 nitrogen and oxygen atoms in total. The zero-order valence-corrected chi connectivity index (χ0v) is 21.3. The van der Waals surface area contributed by atoms with Gasteiger partial charge in [0.25, 0.3) is 5.91 Å². The SMILES string of the molecule is NC(=O)c1nnc(N2CC3CC(N4CC5=CCCN5C4=O)C2C3)nc1Nc1ccc(C2CCNCC2)cc1. The molecular weight excluding hydrogens is 482 g/mol. The fourth-order valence-corrected chi connectivity index (χ4v) is 7.02. The van der Waals surface area contributed by atoms with Crippen molar-refractivity contribution < 1.29 is 9.59 Å². The number of benzene rings is 1. The van der Waals surface area contributed by atoms with Gasteiger partial charge in [-0.05, 0) is 74.7 Å². The standard InChI is InChI=1S/C27H33N9O2/c28-24(37)23-25(30-19-5-3-17(4-6-19)18-7-9-29-10-8-18)31-26(33-32-23)35-14-16-12-21(35)22(13-16)36-15-20-2-1-11-34(20)27(36)38/h2-6,16,18,21-22,29H,1,7-15H2,(H2,28,37)(H,30,31,33). The number of piperidine rings is 2. The fourth-order valence-electron chi connectivity index (χ4n) is 7.02. The predicted molar refractivity (Wildman–Crippen MR) is 142 cm³/mol. The summed E-state index contributed by atoms with van der Waals surface area (Å²) in [5.41, 5.74) is 8.90. The topological polar surface area (TPSA) is 133 Å². The van der Waals surface area contributed by atoms with E-state index in [9.17, 15) is 9.59 Å². The highest BCUT2D eigenvalue weighted by Crippen LogP contribution is 2.44. The van der Waals surface area contributed by atoms with Crippen molar-refractivity contribution in [2.24, 2.45) is 11.7 Å². The zero-order chi connectivity index (χ0) is 25.8. The van der Waals surface area contributed by atoms with Crippen LogP contribution >= 0.6 is 0 Å². The van der Waals surface area contributed by atoms with Crippen molar-refractivity contribution in [3.63, 3.8) is 0 Å². The molecule has 4 aliphatic heterocycles. The van der Waals surface area contributed by atoms with Crippen LogP contribution in [0, 0.1) is 5.92 Å². The maximum atomic E-state index is 13.1. The Kier molecular flexibility index (Phi) is 5.68. The van der Waals surface area contributed by atoms with Crippen molar-refractivity contribution in [2.45, 2.75) is 50.1 Å². The van der Waals surface area contributed by atoms with Gasteiger partial charge in [-0.25, -0.2) is 4.79 Å². The number of amides is 3. The Morgan fingerprint density at radius 3 is 2.53 bits per heavy atom. The summed E-state index contributed by atoms with van der Waals surface area (Å²) >= 11 is 0. The molecule has 2 aromatic rings. The number of rotatable bonds is 6. The maximum Gasteiger partial charge on any atom is 0.324 e. The van der Waals surface area contributed by atoms with Crippen molar-refractivity contribution in [3.8, 4) is 0 Å². The number of carbonyl (C=O) groups excluding carboxylic acids is 2. The molecule has 38 heavy (non-hydrogen) atoms. The van der Waals surface area contributed by atoms with Gasteiger partial charge in [0.15, 0.2) is 11.5 Å². The molecule has 3 amide bonds. The second kappa shape index (κ2) is 9.23. The molecule has 3 unspecified atom stereocenters. The smallest absolute Gasteiger partial charge is 0.324 e. The van der Waals surface area contributed by atoms with Crippen LogP contribution in [-0.4, -0.2) is 81.7 Å². The highest BCUT2D eigenvalue weighted by molar-refractivity contribution is 5.96. The Balaban J connectivity index is 1.12. The molecular formula is C27H33N9O2. The number of nitrogens with one attached hydrogen (secondary N) is 2. The van der Waals surface area contributed by atoms with Gasteiger partial charge in [-0.15, -0.1) is 10.2 Å². The van der Waals surface area contributed by atoms with Crippen LogP contribution in [0.1, 0.15) is 54.1 Å². The fraction of sp³-hybridized carbons (Fsp3) is 0.519. The third-order valence-electron chi connectivity index (χ3n) is 8.89. The minimum Gasteiger partial charge on any atom is -0.364 e. The number of fused-ring (bicyclic) bond motifs is 3. The van der Waals surface area contributed by atoms with Gasteiger partial charge in [-0.3, -0.25) is 9.69 Å². The van der Waals surface area contributed by atoms with Crippen molar-refractivity contribution in [2.75, 3.05) is 42.9 Å². The summed E-state index contributed by atoms with van der Waals surface area (Å²) in [7, 11) is 0. The van der Waals surface area contributed by atoms with Crippen molar-refractivity contribution in [1.82, 2.24) is 30.3 Å². The quantitative estimate of drug-likeness (QED) is 0.533. The van der Waals surface area contributed by atoms with Crippen LogP contribution in [0.5, 0.6) is 0 Å². The zero-order valence-electron chi connectivity index (χ0n) is 21.3. The Morgan fingerprint density at radius 2 is 1.82 bits per heavy atom. The van der Waals surface area contributed by atoms with Gasteiger partial charge in [-0.1, -0.05) is 18.2 Å². The molecule has 198 valence electrons. The molecule has 1 aromatic carbocycles. The number of nitrogens with zero attached hydrogens (tertiary/aromatic N) is 6. The minimum atomic E-state index is -0.678. The van der Waals surface area contributed by atoms with Crippen molar-refractivity contribution in [3.05, 3.63) is 47.3 Å². The van der Waals surface area contributed by atoms with Crippen molar-refractivity contribution in [1.29, 1.82) is 0 Å². The number of urea groups is 1. The molecule has 2 bridgehead atoms. The lowest BCUT2D eigenvalue weighted by Gasteiger charge is -2.37. The summed E-state index contributed by atoms with van der Waals surface area (Å²) in [6, 6.07) is 8.65. The van der Waals surface area contributed by atoms with E-state index in [1.54, 1.807) is 0 Å². The molecule has 11 heteroatoms. The summed E-state index contributed by atoms with van der Waals surface area (Å²) in [5.74, 6) is 1.13. The van der Waals surface area contributed by atoms with Gasteiger partial charge < -0.3 is 26.2 Å². The van der Waals surface area contributed by atoms with Crippen LogP contribution in [0.2, 0.25) is 0 Å². The van der Waals surface area contributed by atoms with Crippen LogP contribution in [0.15, 0.2) is 36.0 Å². The van der Waals surface area contributed by atoms with E-state index in [1.165, 1.54) is 5.56 Å². The molecule has 1 aliphatic carbocycles. The first-order valence-electron chi connectivity index (χ1n) is 13.7. The molecule has 3 saturated heterocycles. The van der Waals surface area contributed by atoms with Gasteiger partial charge in [0.2, 0.25) is 5.95 Å². The van der Waals surface area contributed by atoms with Crippen LogP contribution < -0.4 is 21.3 Å². The third-order valence-corrected chi connectivity index (χ3v) is 8.89. The van der Waals surface area contributed by atoms with Crippen LogP contribution in [0.4, 0.5) is 22.2 Å². The first kappa shape index (κ1) is 23.4. The molecule has 4 N–H and O–H groups in total. The monoisotopic (exact) mass is 515 g/mol. The van der Waals surface area contributed by atoms with Gasteiger partial charge in [0.1, 0.15) is 0 Å². The van der Waals surface area contributed by atoms with E-state index in [1.807, 2.05) is 21.9 Å². The number of hydrogen-bond acceptors (Lipinski definition) is 8. The van der Waals surface area contributed by atoms with Crippen molar-refractivity contribution >= 4 is 29.4 Å². The van der Waals surface area contributed by atoms with E-state index in [4.69, 9.17) is 10.7 Å². The number of anilines is 3. The largest absolute Gasteiger partial charge is 0.364 e. The molecule has 3 atom stereocenters. The Hall–Kier alpha value is -3.73. The molecule has 0 spiro atoms. The van der Waals surface area contributed by atoms with Crippen LogP contribution in [-0.2, 0) is 0 Å². The van der Waals surface area contributed by atoms with Gasteiger partial charge in [0, 0.05) is 24.5 Å². The van der Waals surface area contributed by atoms with Gasteiger partial charge in [0.05, 0.1) is 18.6 Å². The van der Waals surface area contributed by atoms with E-state index in [0.29, 0.717) is 30.1 Å². The highest BCUT2D eigenvalue weighted by Gasteiger charge is 2.52. The third kappa shape index (κ3) is 3.96. The lowest BCUT2D eigenvalue weighted by atomic mass is 9.90. The Labute approximate surface area is 221 Å². The lowest BCUT2D eigenvalue weighted by Crippen LogP contribution is -2.52. The predicted octanol–water partition coefficient (Wildman–Crippen LogP) is 2.17. The molecule has 5 heterocycles. The summed E-state index contributed by atoms with van der Waals surface area (Å²) in [4.78, 5) is 36.1. The molecule has 4 fully saturated rings. The number of primary amides is 1. The maximum absolute atomic E-state index is 13.1. The second-order valence-corrected chi connectivity index (χ2v) is 11.1. The first-order chi connectivity index (χ1) is 18.5. The second-order valence-electron chi connectivity index (χ2n) is 11.1. The first-order valence-corrected chi connectivity index (χ1v) is 13.7. The van der Waals surface area contributed by atoms with E-state index in [-0.39, 0.29) is 23.8 Å². The normalized spacial score (nSPS) is 26.7. The number of carbonyl (C=O) groups is 2. The number of hydrogen-bond donors (Lipinski definition) is 3. The van der Waals surface area contributed by atoms with Crippen LogP contribution in [0.3, 0.4) is 0 Å². The minimum absolute atomic E-state index is 0.0133. The molecule has 0 radical (unpaired) electrons.